The molecular formula is C16H23F3N4O3S. The summed E-state index contributed by atoms with van der Waals surface area (Å²) in [5, 5.41) is 11.5. The van der Waals surface area contributed by atoms with Gasteiger partial charge in [-0.1, -0.05) is 0 Å². The number of nitrogens with two attached hydrogens (primary N) is 1. The van der Waals surface area contributed by atoms with Crippen LogP contribution in [0.25, 0.3) is 0 Å². The number of nitrogens with one attached hydrogen (secondary N) is 1. The lowest BCUT2D eigenvalue weighted by molar-refractivity contribution is 0.0127. The minimum atomic E-state index is -3.86. The Hall–Kier alpha value is -1.85. The van der Waals surface area contributed by atoms with E-state index < -0.39 is 38.8 Å². The van der Waals surface area contributed by atoms with Crippen molar-refractivity contribution in [1.29, 1.82) is 0 Å². The van der Waals surface area contributed by atoms with Crippen molar-refractivity contribution in [3.63, 3.8) is 0 Å². The molecule has 2 rings (SSSR count). The summed E-state index contributed by atoms with van der Waals surface area (Å²) >= 11 is 0. The van der Waals surface area contributed by atoms with Crippen molar-refractivity contribution in [2.45, 2.75) is 43.7 Å². The average molecular weight is 408 g/mol. The van der Waals surface area contributed by atoms with Gasteiger partial charge in [-0.05, 0) is 39.0 Å². The molecule has 0 bridgehead atoms. The number of rotatable bonds is 4. The van der Waals surface area contributed by atoms with Gasteiger partial charge in [-0.3, -0.25) is 4.99 Å². The standard InChI is InChI=1S/C16H23F3N4O3S/c1-15(2)14(20)22-16(3,8-23(4)27(15,25)26)10-7-9(5-6-11(10)17)21-13(24)12(18)19/h5-7,12-13,21,24H,8H2,1-4H3,(H2,20,22)/t13?,16-/m0/s1. The lowest BCUT2D eigenvalue weighted by Crippen LogP contribution is -2.50. The Morgan fingerprint density at radius 3 is 2.48 bits per heavy atom. The molecule has 1 heterocycles. The van der Waals surface area contributed by atoms with Crippen LogP contribution < -0.4 is 11.1 Å². The second-order valence-electron chi connectivity index (χ2n) is 7.16. The van der Waals surface area contributed by atoms with Crippen molar-refractivity contribution in [3.05, 3.63) is 29.6 Å². The fourth-order valence-corrected chi connectivity index (χ4v) is 4.39. The molecule has 1 unspecified atom stereocenters. The summed E-state index contributed by atoms with van der Waals surface area (Å²) in [6, 6.07) is 3.41. The van der Waals surface area contributed by atoms with Gasteiger partial charge in [0.15, 0.2) is 6.23 Å². The first kappa shape index (κ1) is 21.5. The second-order valence-corrected chi connectivity index (χ2v) is 9.75. The number of likely N-dealkylation sites (N-methyl/N-ethyl adjacent to an activating group) is 1. The summed E-state index contributed by atoms with van der Waals surface area (Å²) in [6.07, 6.45) is -5.18. The number of hydrogen-bond donors (Lipinski definition) is 3. The normalized spacial score (nSPS) is 26.3. The van der Waals surface area contributed by atoms with Crippen LogP contribution in [0.4, 0.5) is 18.9 Å². The number of anilines is 1. The molecule has 2 atom stereocenters. The van der Waals surface area contributed by atoms with Gasteiger partial charge in [-0.15, -0.1) is 0 Å². The third kappa shape index (κ3) is 3.76. The van der Waals surface area contributed by atoms with Gasteiger partial charge < -0.3 is 16.2 Å². The van der Waals surface area contributed by atoms with Gasteiger partial charge >= 0.3 is 0 Å². The third-order valence-corrected chi connectivity index (χ3v) is 7.12. The van der Waals surface area contributed by atoms with Crippen LogP contribution in [0.5, 0.6) is 0 Å². The number of alkyl halides is 2. The van der Waals surface area contributed by atoms with Gasteiger partial charge in [0, 0.05) is 24.8 Å². The van der Waals surface area contributed by atoms with Gasteiger partial charge in [0.2, 0.25) is 10.0 Å². The molecule has 1 aromatic rings. The van der Waals surface area contributed by atoms with Gasteiger partial charge in [-0.2, -0.15) is 0 Å². The molecule has 27 heavy (non-hydrogen) atoms. The number of aliphatic imine (C=N–C) groups is 1. The second kappa shape index (κ2) is 6.95. The van der Waals surface area contributed by atoms with Crippen LogP contribution in [0, 0.1) is 5.82 Å². The molecule has 0 aromatic heterocycles. The van der Waals surface area contributed by atoms with E-state index in [4.69, 9.17) is 5.73 Å². The van der Waals surface area contributed by atoms with E-state index in [1.165, 1.54) is 40.0 Å². The van der Waals surface area contributed by atoms with Crippen LogP contribution in [-0.2, 0) is 15.6 Å². The molecule has 1 aromatic carbocycles. The average Bonchev–Trinajstić information content (AvgIpc) is 2.59. The highest BCUT2D eigenvalue weighted by Gasteiger charge is 2.48. The quantitative estimate of drug-likeness (QED) is 0.654. The molecule has 1 aliphatic rings. The van der Waals surface area contributed by atoms with Crippen molar-refractivity contribution in [3.8, 4) is 0 Å². The Bertz CT molecular complexity index is 860. The maximum absolute atomic E-state index is 14.6. The maximum Gasteiger partial charge on any atom is 0.282 e. The zero-order chi connectivity index (χ0) is 20.8. The molecule has 0 aliphatic carbocycles. The highest BCUT2D eigenvalue weighted by molar-refractivity contribution is 7.91. The Morgan fingerprint density at radius 2 is 1.93 bits per heavy atom. The van der Waals surface area contributed by atoms with E-state index in [0.29, 0.717) is 0 Å². The van der Waals surface area contributed by atoms with Crippen LogP contribution in [0.1, 0.15) is 26.3 Å². The van der Waals surface area contributed by atoms with E-state index in [1.807, 2.05) is 0 Å². The van der Waals surface area contributed by atoms with Crippen molar-refractivity contribution in [2.75, 3.05) is 18.9 Å². The fraction of sp³-hybridized carbons (Fsp3) is 0.562. The zero-order valence-electron chi connectivity index (χ0n) is 15.4. The first-order valence-corrected chi connectivity index (χ1v) is 9.51. The molecule has 0 saturated carbocycles. The maximum atomic E-state index is 14.6. The minimum absolute atomic E-state index is 0.0308. The van der Waals surface area contributed by atoms with Crippen molar-refractivity contribution in [1.82, 2.24) is 4.31 Å². The lowest BCUT2D eigenvalue weighted by Gasteiger charge is -2.30. The molecule has 1 aliphatic heterocycles. The summed E-state index contributed by atoms with van der Waals surface area (Å²) in [5.74, 6) is -0.906. The predicted octanol–water partition coefficient (Wildman–Crippen LogP) is 1.45. The van der Waals surface area contributed by atoms with E-state index in [-0.39, 0.29) is 23.6 Å². The van der Waals surface area contributed by atoms with Crippen LogP contribution in [-0.4, -0.2) is 54.7 Å². The predicted molar refractivity (Wildman–Crippen MR) is 96.6 cm³/mol. The first-order chi connectivity index (χ1) is 12.2. The number of sulfonamides is 1. The largest absolute Gasteiger partial charge is 0.386 e. The van der Waals surface area contributed by atoms with E-state index in [0.717, 1.165) is 10.4 Å². The molecule has 152 valence electrons. The van der Waals surface area contributed by atoms with E-state index in [9.17, 15) is 26.7 Å². The Balaban J connectivity index is 2.57. The number of aliphatic hydroxyl groups is 1. The molecule has 11 heteroatoms. The Labute approximate surface area is 156 Å². The Morgan fingerprint density at radius 1 is 1.33 bits per heavy atom. The number of amidine groups is 1. The molecule has 4 N–H and O–H groups in total. The summed E-state index contributed by atoms with van der Waals surface area (Å²) in [4.78, 5) is 4.29. The molecule has 7 nitrogen and oxygen atoms in total. The molecule has 0 amide bonds. The monoisotopic (exact) mass is 408 g/mol. The van der Waals surface area contributed by atoms with Gasteiger partial charge in [0.25, 0.3) is 6.43 Å². The molecule has 0 spiro atoms. The lowest BCUT2D eigenvalue weighted by atomic mass is 9.91. The molecular weight excluding hydrogens is 385 g/mol. The highest BCUT2D eigenvalue weighted by Crippen LogP contribution is 2.36. The van der Waals surface area contributed by atoms with Crippen molar-refractivity contribution >= 4 is 21.5 Å². The summed E-state index contributed by atoms with van der Waals surface area (Å²) in [7, 11) is -2.52. The van der Waals surface area contributed by atoms with Crippen molar-refractivity contribution < 1.29 is 26.7 Å². The topological polar surface area (TPSA) is 108 Å². The minimum Gasteiger partial charge on any atom is -0.386 e. The van der Waals surface area contributed by atoms with Crippen LogP contribution in [0.15, 0.2) is 23.2 Å². The van der Waals surface area contributed by atoms with E-state index in [1.54, 1.807) is 0 Å². The first-order valence-electron chi connectivity index (χ1n) is 8.07. The molecule has 0 radical (unpaired) electrons. The number of benzene rings is 1. The van der Waals surface area contributed by atoms with Gasteiger partial charge in [0.1, 0.15) is 21.9 Å². The molecule has 0 saturated heterocycles. The summed E-state index contributed by atoms with van der Waals surface area (Å²) < 4.78 is 64.6. The smallest absolute Gasteiger partial charge is 0.282 e. The number of halogens is 3. The number of hydrogen-bond acceptors (Lipinski definition) is 6. The van der Waals surface area contributed by atoms with Crippen LogP contribution >= 0.6 is 0 Å². The van der Waals surface area contributed by atoms with E-state index in [2.05, 4.69) is 10.3 Å². The van der Waals surface area contributed by atoms with E-state index >= 15 is 0 Å². The Kier molecular flexibility index (Phi) is 5.52. The SMILES string of the molecule is CN1C[C@@](C)(c2cc(NC(O)C(F)F)ccc2F)N=C(N)C(C)(C)S1(=O)=O. The molecule has 0 fully saturated rings. The fourth-order valence-electron chi connectivity index (χ4n) is 2.88. The zero-order valence-corrected chi connectivity index (χ0v) is 16.2. The number of aliphatic hydroxyl groups excluding tert-OH is 1. The van der Waals surface area contributed by atoms with Crippen LogP contribution in [0.3, 0.4) is 0 Å². The number of nitrogens with zero attached hydrogens (tertiary/aromatic N) is 2. The van der Waals surface area contributed by atoms with Gasteiger partial charge in [0.05, 0.1) is 0 Å². The van der Waals surface area contributed by atoms with Crippen molar-refractivity contribution in [2.24, 2.45) is 10.7 Å². The van der Waals surface area contributed by atoms with Gasteiger partial charge in [-0.25, -0.2) is 25.9 Å². The third-order valence-electron chi connectivity index (χ3n) is 4.67. The highest BCUT2D eigenvalue weighted by atomic mass is 32.2. The van der Waals surface area contributed by atoms with Crippen LogP contribution in [0.2, 0.25) is 0 Å². The summed E-state index contributed by atoms with van der Waals surface area (Å²) in [6.45, 7) is 4.09. The summed E-state index contributed by atoms with van der Waals surface area (Å²) in [5.41, 5.74) is 4.52.